The minimum atomic E-state index is -1.01. The van der Waals surface area contributed by atoms with Crippen molar-refractivity contribution in [2.24, 2.45) is 7.05 Å². The van der Waals surface area contributed by atoms with Gasteiger partial charge in [-0.1, -0.05) is 35.9 Å². The van der Waals surface area contributed by atoms with Crippen molar-refractivity contribution in [3.63, 3.8) is 0 Å². The normalized spacial score (nSPS) is 13.9. The standard InChI is InChI=1S/C38H39ClF2N8O3/c1-23-34(37(52)49(48(23)4)22-25-7-11-31(40)32(41)19-25)35(50)42-15-5-6-24-8-12-33-26(18-24)21-43-38(45-33)44-27-9-10-29(30(39)20-27)36(51)47(3)28-13-16-46(2)17-14-28/h5-12,18-21,28H,13-17,22H2,1-4H3,(H,42,50)(H,43,44,45). The molecule has 6 rings (SSSR count). The molecular weight excluding hydrogens is 690 g/mol. The zero-order valence-corrected chi connectivity index (χ0v) is 30.0. The molecule has 5 aromatic rings. The van der Waals surface area contributed by atoms with Gasteiger partial charge in [0.1, 0.15) is 5.56 Å². The number of carbonyl (C=O) groups is 2. The van der Waals surface area contributed by atoms with Gasteiger partial charge >= 0.3 is 0 Å². The van der Waals surface area contributed by atoms with Crippen molar-refractivity contribution in [2.45, 2.75) is 32.4 Å². The summed E-state index contributed by atoms with van der Waals surface area (Å²) >= 11 is 6.56. The van der Waals surface area contributed by atoms with Crippen molar-refractivity contribution < 1.29 is 18.4 Å². The molecule has 0 bridgehead atoms. The Labute approximate surface area is 304 Å². The van der Waals surface area contributed by atoms with Crippen molar-refractivity contribution in [1.82, 2.24) is 34.4 Å². The largest absolute Gasteiger partial charge is 0.348 e. The molecule has 0 saturated carbocycles. The minimum absolute atomic E-state index is 0.0203. The Kier molecular flexibility index (Phi) is 10.8. The molecule has 0 radical (unpaired) electrons. The van der Waals surface area contributed by atoms with Crippen LogP contribution in [0.15, 0.2) is 71.7 Å². The Balaban J connectivity index is 1.05. The molecular formula is C38H39ClF2N8O3. The van der Waals surface area contributed by atoms with E-state index in [4.69, 9.17) is 11.6 Å². The molecule has 2 aromatic heterocycles. The number of rotatable bonds is 10. The fourth-order valence-electron chi connectivity index (χ4n) is 6.30. The molecule has 0 aliphatic carbocycles. The average molecular weight is 729 g/mol. The molecule has 1 aliphatic heterocycles. The van der Waals surface area contributed by atoms with Gasteiger partial charge in [-0.25, -0.2) is 23.4 Å². The van der Waals surface area contributed by atoms with Gasteiger partial charge in [-0.2, -0.15) is 0 Å². The summed E-state index contributed by atoms with van der Waals surface area (Å²) in [5, 5.41) is 7.06. The summed E-state index contributed by atoms with van der Waals surface area (Å²) in [6, 6.07) is 14.5. The maximum Gasteiger partial charge on any atom is 0.280 e. The van der Waals surface area contributed by atoms with Crippen LogP contribution in [0.1, 0.15) is 50.4 Å². The first-order chi connectivity index (χ1) is 24.9. The second kappa shape index (κ2) is 15.5. The van der Waals surface area contributed by atoms with Gasteiger partial charge in [0.15, 0.2) is 11.6 Å². The lowest BCUT2D eigenvalue weighted by molar-refractivity contribution is 0.0659. The Hall–Kier alpha value is -5.40. The van der Waals surface area contributed by atoms with Crippen molar-refractivity contribution >= 4 is 52.0 Å². The summed E-state index contributed by atoms with van der Waals surface area (Å²) < 4.78 is 29.9. The van der Waals surface area contributed by atoms with Crippen LogP contribution < -0.4 is 16.2 Å². The maximum absolute atomic E-state index is 13.7. The summed E-state index contributed by atoms with van der Waals surface area (Å²) in [7, 11) is 5.55. The number of nitrogens with one attached hydrogen (secondary N) is 2. The van der Waals surface area contributed by atoms with E-state index in [1.54, 1.807) is 49.3 Å². The molecule has 14 heteroatoms. The van der Waals surface area contributed by atoms with Gasteiger partial charge in [0.25, 0.3) is 17.4 Å². The van der Waals surface area contributed by atoms with E-state index in [1.165, 1.54) is 15.4 Å². The third kappa shape index (κ3) is 7.90. The van der Waals surface area contributed by atoms with Crippen molar-refractivity contribution in [2.75, 3.05) is 39.0 Å². The van der Waals surface area contributed by atoms with Gasteiger partial charge in [0.05, 0.1) is 22.6 Å². The van der Waals surface area contributed by atoms with Crippen LogP contribution in [0.25, 0.3) is 17.0 Å². The van der Waals surface area contributed by atoms with Crippen LogP contribution in [-0.2, 0) is 13.6 Å². The number of likely N-dealkylation sites (tertiary alicyclic amines) is 1. The van der Waals surface area contributed by atoms with Crippen LogP contribution in [0.4, 0.5) is 20.4 Å². The number of nitrogens with zero attached hydrogens (tertiary/aromatic N) is 6. The van der Waals surface area contributed by atoms with Crippen LogP contribution in [0, 0.1) is 18.6 Å². The molecule has 0 spiro atoms. The van der Waals surface area contributed by atoms with Crippen molar-refractivity contribution in [1.29, 1.82) is 0 Å². The van der Waals surface area contributed by atoms with E-state index in [1.807, 2.05) is 31.3 Å². The first-order valence-corrected chi connectivity index (χ1v) is 17.2. The molecule has 52 heavy (non-hydrogen) atoms. The zero-order chi connectivity index (χ0) is 37.1. The first kappa shape index (κ1) is 36.4. The number of hydrogen-bond donors (Lipinski definition) is 2. The second-order valence-electron chi connectivity index (χ2n) is 13.0. The quantitative estimate of drug-likeness (QED) is 0.188. The smallest absolute Gasteiger partial charge is 0.280 e. The van der Waals surface area contributed by atoms with E-state index in [0.717, 1.165) is 49.0 Å². The number of benzene rings is 3. The molecule has 2 N–H and O–H groups in total. The van der Waals surface area contributed by atoms with Gasteiger partial charge in [-0.3, -0.25) is 19.1 Å². The zero-order valence-electron chi connectivity index (χ0n) is 29.3. The molecule has 270 valence electrons. The number of amides is 2. The Morgan fingerprint density at radius 2 is 1.81 bits per heavy atom. The average Bonchev–Trinajstić information content (AvgIpc) is 3.34. The topological polar surface area (TPSA) is 117 Å². The number of anilines is 2. The highest BCUT2D eigenvalue weighted by atomic mass is 35.5. The van der Waals surface area contributed by atoms with Gasteiger partial charge < -0.3 is 20.4 Å². The third-order valence-corrected chi connectivity index (χ3v) is 9.82. The van der Waals surface area contributed by atoms with E-state index < -0.39 is 23.1 Å². The second-order valence-corrected chi connectivity index (χ2v) is 13.4. The summed E-state index contributed by atoms with van der Waals surface area (Å²) in [5.74, 6) is -2.25. The van der Waals surface area contributed by atoms with E-state index in [0.29, 0.717) is 39.0 Å². The van der Waals surface area contributed by atoms with Crippen LogP contribution in [-0.4, -0.2) is 80.7 Å². The summed E-state index contributed by atoms with van der Waals surface area (Å²) in [5.41, 5.74) is 2.94. The first-order valence-electron chi connectivity index (χ1n) is 16.8. The highest BCUT2D eigenvalue weighted by Crippen LogP contribution is 2.26. The maximum atomic E-state index is 13.7. The number of fused-ring (bicyclic) bond motifs is 1. The fourth-order valence-corrected chi connectivity index (χ4v) is 6.56. The predicted molar refractivity (Wildman–Crippen MR) is 198 cm³/mol. The lowest BCUT2D eigenvalue weighted by Gasteiger charge is -2.35. The lowest BCUT2D eigenvalue weighted by Crippen LogP contribution is -2.44. The Morgan fingerprint density at radius 1 is 1.04 bits per heavy atom. The molecule has 11 nitrogen and oxygen atoms in total. The molecule has 1 fully saturated rings. The number of carbonyl (C=O) groups excluding carboxylic acids is 2. The van der Waals surface area contributed by atoms with E-state index in [2.05, 4.69) is 32.5 Å². The van der Waals surface area contributed by atoms with Crippen LogP contribution >= 0.6 is 11.6 Å². The fraction of sp³-hybridized carbons (Fsp3) is 0.289. The van der Waals surface area contributed by atoms with E-state index >= 15 is 0 Å². The number of hydrogen-bond acceptors (Lipinski definition) is 7. The highest BCUT2D eigenvalue weighted by molar-refractivity contribution is 6.34. The molecule has 3 aromatic carbocycles. The molecule has 3 heterocycles. The third-order valence-electron chi connectivity index (χ3n) is 9.51. The molecule has 1 saturated heterocycles. The van der Waals surface area contributed by atoms with Gasteiger partial charge in [0, 0.05) is 49.6 Å². The SMILES string of the molecule is Cc1c(C(=O)NCC=Cc2ccc3nc(Nc4ccc(C(=O)N(C)C5CCN(C)CC5)c(Cl)c4)ncc3c2)c(=O)n(Cc2ccc(F)c(F)c2)n1C. The Bertz CT molecular complexity index is 2240. The summed E-state index contributed by atoms with van der Waals surface area (Å²) in [6.45, 7) is 3.70. The monoisotopic (exact) mass is 728 g/mol. The van der Waals surface area contributed by atoms with Crippen LogP contribution in [0.2, 0.25) is 5.02 Å². The summed E-state index contributed by atoms with van der Waals surface area (Å²) in [4.78, 5) is 52.4. The number of aromatic nitrogens is 4. The summed E-state index contributed by atoms with van der Waals surface area (Å²) in [6.07, 6.45) is 7.15. The molecule has 0 unspecified atom stereocenters. The molecule has 1 aliphatic rings. The van der Waals surface area contributed by atoms with Gasteiger partial charge in [-0.15, -0.1) is 0 Å². The van der Waals surface area contributed by atoms with Crippen molar-refractivity contribution in [3.05, 3.63) is 122 Å². The minimum Gasteiger partial charge on any atom is -0.348 e. The number of halogens is 3. The number of piperidine rings is 1. The predicted octanol–water partition coefficient (Wildman–Crippen LogP) is 5.77. The van der Waals surface area contributed by atoms with Crippen molar-refractivity contribution in [3.8, 4) is 0 Å². The van der Waals surface area contributed by atoms with Crippen LogP contribution in [0.3, 0.4) is 0 Å². The highest BCUT2D eigenvalue weighted by Gasteiger charge is 2.26. The van der Waals surface area contributed by atoms with Gasteiger partial charge in [0.2, 0.25) is 5.95 Å². The Morgan fingerprint density at radius 3 is 2.54 bits per heavy atom. The van der Waals surface area contributed by atoms with Gasteiger partial charge in [-0.05, 0) is 93.5 Å². The lowest BCUT2D eigenvalue weighted by atomic mass is 10.0. The molecule has 0 atom stereocenters. The van der Waals surface area contributed by atoms with Crippen LogP contribution in [0.5, 0.6) is 0 Å². The van der Waals surface area contributed by atoms with E-state index in [-0.39, 0.29) is 30.6 Å². The molecule has 2 amide bonds. The van der Waals surface area contributed by atoms with E-state index in [9.17, 15) is 23.2 Å².